The van der Waals surface area contributed by atoms with Gasteiger partial charge in [-0.1, -0.05) is 49.4 Å². The zero-order valence-corrected chi connectivity index (χ0v) is 19.2. The van der Waals surface area contributed by atoms with Gasteiger partial charge in [0.25, 0.3) is 5.91 Å². The number of nitrogens with zero attached hydrogens (tertiary/aromatic N) is 1. The minimum Gasteiger partial charge on any atom is -0.488 e. The summed E-state index contributed by atoms with van der Waals surface area (Å²) in [6.07, 6.45) is 1.08. The van der Waals surface area contributed by atoms with Crippen molar-refractivity contribution in [1.82, 2.24) is 4.90 Å². The molecular formula is C24H29NO6S. The second-order valence-electron chi connectivity index (χ2n) is 7.96. The first-order chi connectivity index (χ1) is 15.3. The summed E-state index contributed by atoms with van der Waals surface area (Å²) in [4.78, 5) is 27.2. The van der Waals surface area contributed by atoms with Crippen LogP contribution in [-0.4, -0.2) is 55.4 Å². The van der Waals surface area contributed by atoms with Crippen LogP contribution in [0.15, 0.2) is 54.6 Å². The molecule has 32 heavy (non-hydrogen) atoms. The predicted octanol–water partition coefficient (Wildman–Crippen LogP) is 3.24. The van der Waals surface area contributed by atoms with E-state index in [-0.39, 0.29) is 29.2 Å². The van der Waals surface area contributed by atoms with Crippen LogP contribution in [0.3, 0.4) is 0 Å². The van der Waals surface area contributed by atoms with Crippen LogP contribution < -0.4 is 4.74 Å². The lowest BCUT2D eigenvalue weighted by Gasteiger charge is -2.33. The van der Waals surface area contributed by atoms with Crippen LogP contribution in [0.25, 0.3) is 0 Å². The molecule has 1 heterocycles. The maximum Gasteiger partial charge on any atom is 0.342 e. The SMILES string of the molecule is CCC(C)N(C(=O)COC(=O)c1ccccc1OCc1ccccc1)C1CCS(=O)(=O)C1. The van der Waals surface area contributed by atoms with Crippen LogP contribution in [0.2, 0.25) is 0 Å². The molecule has 2 aromatic rings. The van der Waals surface area contributed by atoms with Crippen LogP contribution in [0.4, 0.5) is 0 Å². The van der Waals surface area contributed by atoms with Crippen LogP contribution in [0.1, 0.15) is 42.6 Å². The van der Waals surface area contributed by atoms with Gasteiger partial charge >= 0.3 is 5.97 Å². The maximum atomic E-state index is 12.9. The molecular weight excluding hydrogens is 430 g/mol. The number of esters is 1. The number of amides is 1. The van der Waals surface area contributed by atoms with Gasteiger partial charge < -0.3 is 14.4 Å². The van der Waals surface area contributed by atoms with E-state index in [1.54, 1.807) is 29.2 Å². The van der Waals surface area contributed by atoms with E-state index in [1.165, 1.54) is 0 Å². The van der Waals surface area contributed by atoms with Gasteiger partial charge in [-0.3, -0.25) is 4.79 Å². The Kier molecular flexibility index (Phi) is 7.90. The second kappa shape index (κ2) is 10.6. The molecule has 2 unspecified atom stereocenters. The maximum absolute atomic E-state index is 12.9. The minimum atomic E-state index is -3.14. The average molecular weight is 460 g/mol. The molecule has 0 aliphatic carbocycles. The van der Waals surface area contributed by atoms with Crippen molar-refractivity contribution in [1.29, 1.82) is 0 Å². The summed E-state index contributed by atoms with van der Waals surface area (Å²) >= 11 is 0. The lowest BCUT2D eigenvalue weighted by molar-refractivity contribution is -0.138. The predicted molar refractivity (Wildman–Crippen MR) is 121 cm³/mol. The molecule has 1 saturated heterocycles. The van der Waals surface area contributed by atoms with Crippen molar-refractivity contribution in [3.8, 4) is 5.75 Å². The van der Waals surface area contributed by atoms with Crippen molar-refractivity contribution in [2.75, 3.05) is 18.1 Å². The van der Waals surface area contributed by atoms with Gasteiger partial charge in [-0.05, 0) is 37.5 Å². The second-order valence-corrected chi connectivity index (χ2v) is 10.2. The number of carbonyl (C=O) groups is 2. The van der Waals surface area contributed by atoms with Gasteiger partial charge in [0.05, 0.1) is 11.5 Å². The monoisotopic (exact) mass is 459 g/mol. The van der Waals surface area contributed by atoms with Gasteiger partial charge in [0.2, 0.25) is 0 Å². The first-order valence-electron chi connectivity index (χ1n) is 10.7. The molecule has 0 aromatic heterocycles. The zero-order chi connectivity index (χ0) is 23.1. The molecule has 7 nitrogen and oxygen atoms in total. The highest BCUT2D eigenvalue weighted by Gasteiger charge is 2.36. The van der Waals surface area contributed by atoms with E-state index >= 15 is 0 Å². The van der Waals surface area contributed by atoms with Gasteiger partial charge in [-0.25, -0.2) is 13.2 Å². The van der Waals surface area contributed by atoms with Crippen molar-refractivity contribution in [2.45, 2.75) is 45.4 Å². The number of hydrogen-bond acceptors (Lipinski definition) is 6. The third kappa shape index (κ3) is 6.09. The highest BCUT2D eigenvalue weighted by molar-refractivity contribution is 7.91. The Hall–Kier alpha value is -2.87. The van der Waals surface area contributed by atoms with Crippen molar-refractivity contribution >= 4 is 21.7 Å². The Morgan fingerprint density at radius 2 is 1.78 bits per heavy atom. The highest BCUT2D eigenvalue weighted by atomic mass is 32.2. The fraction of sp³-hybridized carbons (Fsp3) is 0.417. The number of benzene rings is 2. The van der Waals surface area contributed by atoms with E-state index in [0.29, 0.717) is 25.2 Å². The molecule has 3 rings (SSSR count). The van der Waals surface area contributed by atoms with Crippen molar-refractivity contribution in [3.63, 3.8) is 0 Å². The molecule has 1 fully saturated rings. The molecule has 0 spiro atoms. The Labute approximate surface area is 189 Å². The van der Waals surface area contributed by atoms with Crippen LogP contribution >= 0.6 is 0 Å². The average Bonchev–Trinajstić information content (AvgIpc) is 3.15. The fourth-order valence-electron chi connectivity index (χ4n) is 3.78. The van der Waals surface area contributed by atoms with Gasteiger partial charge in [0.1, 0.15) is 17.9 Å². The summed E-state index contributed by atoms with van der Waals surface area (Å²) in [5.74, 6) is -0.658. The summed E-state index contributed by atoms with van der Waals surface area (Å²) in [5, 5.41) is 0. The van der Waals surface area contributed by atoms with Crippen LogP contribution in [0, 0.1) is 0 Å². The van der Waals surface area contributed by atoms with Crippen molar-refractivity contribution in [2.24, 2.45) is 0 Å². The number of carbonyl (C=O) groups excluding carboxylic acids is 2. The Morgan fingerprint density at radius 1 is 1.09 bits per heavy atom. The van der Waals surface area contributed by atoms with Gasteiger partial charge in [0.15, 0.2) is 16.4 Å². The number of para-hydroxylation sites is 1. The van der Waals surface area contributed by atoms with E-state index in [2.05, 4.69) is 0 Å². The number of ether oxygens (including phenoxy) is 2. The van der Waals surface area contributed by atoms with Crippen LogP contribution in [0.5, 0.6) is 5.75 Å². The summed E-state index contributed by atoms with van der Waals surface area (Å²) in [6.45, 7) is 3.65. The smallest absolute Gasteiger partial charge is 0.342 e. The summed E-state index contributed by atoms with van der Waals surface area (Å²) < 4.78 is 34.9. The zero-order valence-electron chi connectivity index (χ0n) is 18.4. The molecule has 2 atom stereocenters. The first-order valence-corrected chi connectivity index (χ1v) is 12.6. The summed E-state index contributed by atoms with van der Waals surface area (Å²) in [7, 11) is -3.14. The number of rotatable bonds is 9. The van der Waals surface area contributed by atoms with E-state index in [1.807, 2.05) is 44.2 Å². The van der Waals surface area contributed by atoms with E-state index in [9.17, 15) is 18.0 Å². The van der Waals surface area contributed by atoms with E-state index < -0.39 is 28.3 Å². The number of hydrogen-bond donors (Lipinski definition) is 0. The molecule has 1 amide bonds. The lowest BCUT2D eigenvalue weighted by Crippen LogP contribution is -2.48. The molecule has 8 heteroatoms. The van der Waals surface area contributed by atoms with E-state index in [4.69, 9.17) is 9.47 Å². The molecule has 172 valence electrons. The van der Waals surface area contributed by atoms with Gasteiger partial charge in [-0.15, -0.1) is 0 Å². The Balaban J connectivity index is 1.64. The molecule has 1 aliphatic heterocycles. The summed E-state index contributed by atoms with van der Waals surface area (Å²) in [6, 6.07) is 15.7. The Bertz CT molecular complexity index is 1040. The highest BCUT2D eigenvalue weighted by Crippen LogP contribution is 2.23. The third-order valence-electron chi connectivity index (χ3n) is 5.63. The minimum absolute atomic E-state index is 0.0484. The molecule has 0 N–H and O–H groups in total. The number of sulfone groups is 1. The largest absolute Gasteiger partial charge is 0.488 e. The molecule has 0 saturated carbocycles. The van der Waals surface area contributed by atoms with Crippen LogP contribution in [-0.2, 0) is 26.0 Å². The lowest BCUT2D eigenvalue weighted by atomic mass is 10.1. The normalized spacial score (nSPS) is 18.0. The quantitative estimate of drug-likeness (QED) is 0.535. The Morgan fingerprint density at radius 3 is 2.44 bits per heavy atom. The van der Waals surface area contributed by atoms with Crippen molar-refractivity contribution in [3.05, 3.63) is 65.7 Å². The molecule has 1 aliphatic rings. The van der Waals surface area contributed by atoms with Gasteiger partial charge in [-0.2, -0.15) is 0 Å². The molecule has 0 radical (unpaired) electrons. The van der Waals surface area contributed by atoms with E-state index in [0.717, 1.165) is 5.56 Å². The van der Waals surface area contributed by atoms with Crippen molar-refractivity contribution < 1.29 is 27.5 Å². The topological polar surface area (TPSA) is 90.0 Å². The molecule has 0 bridgehead atoms. The fourth-order valence-corrected chi connectivity index (χ4v) is 5.49. The standard InChI is InChI=1S/C24H29NO6S/c1-3-18(2)25(20-13-14-32(28,29)17-20)23(26)16-31-24(27)21-11-7-8-12-22(21)30-15-19-9-5-4-6-10-19/h4-12,18,20H,3,13-17H2,1-2H3. The summed E-state index contributed by atoms with van der Waals surface area (Å²) in [5.41, 5.74) is 1.19. The third-order valence-corrected chi connectivity index (χ3v) is 7.38. The van der Waals surface area contributed by atoms with Gasteiger partial charge in [0, 0.05) is 12.1 Å². The molecule has 2 aromatic carbocycles. The first kappa shape index (κ1) is 23.8.